The largest absolute Gasteiger partial charge is 0.397 e. The Labute approximate surface area is 84.5 Å². The van der Waals surface area contributed by atoms with Gasteiger partial charge in [0.25, 0.3) is 0 Å². The van der Waals surface area contributed by atoms with E-state index in [1.165, 1.54) is 0 Å². The summed E-state index contributed by atoms with van der Waals surface area (Å²) in [6, 6.07) is 0. The summed E-state index contributed by atoms with van der Waals surface area (Å²) in [5.41, 5.74) is 20.5. The highest BCUT2D eigenvalue weighted by atomic mass is 14.9. The van der Waals surface area contributed by atoms with Gasteiger partial charge in [0.2, 0.25) is 0 Å². The third kappa shape index (κ3) is 1.60. The first-order valence-corrected chi connectivity index (χ1v) is 4.82. The Morgan fingerprint density at radius 3 is 2.14 bits per heavy atom. The van der Waals surface area contributed by atoms with Crippen LogP contribution in [0.15, 0.2) is 0 Å². The third-order valence-corrected chi connectivity index (χ3v) is 2.33. The zero-order chi connectivity index (χ0) is 10.9. The van der Waals surface area contributed by atoms with Gasteiger partial charge in [0.05, 0.1) is 17.1 Å². The minimum absolute atomic E-state index is 0.269. The molecule has 4 heteroatoms. The van der Waals surface area contributed by atoms with E-state index >= 15 is 0 Å². The maximum Gasteiger partial charge on any atom is 0.147 e. The number of pyridine rings is 1. The van der Waals surface area contributed by atoms with E-state index in [-0.39, 0.29) is 5.92 Å². The van der Waals surface area contributed by atoms with Crippen LogP contribution in [0.4, 0.5) is 17.2 Å². The molecule has 0 bridgehead atoms. The fourth-order valence-corrected chi connectivity index (χ4v) is 1.60. The second kappa shape index (κ2) is 3.74. The number of rotatable bonds is 2. The molecule has 6 N–H and O–H groups in total. The van der Waals surface area contributed by atoms with Crippen molar-refractivity contribution >= 4 is 17.2 Å². The summed E-state index contributed by atoms with van der Waals surface area (Å²) in [5, 5.41) is 0. The topological polar surface area (TPSA) is 90.9 Å². The molecule has 0 radical (unpaired) electrons. The van der Waals surface area contributed by atoms with Gasteiger partial charge < -0.3 is 17.2 Å². The Hall–Kier alpha value is -1.45. The van der Waals surface area contributed by atoms with Crippen LogP contribution in [0.5, 0.6) is 0 Å². The molecule has 14 heavy (non-hydrogen) atoms. The van der Waals surface area contributed by atoms with Gasteiger partial charge in [-0.25, -0.2) is 4.98 Å². The van der Waals surface area contributed by atoms with Crippen LogP contribution < -0.4 is 17.2 Å². The van der Waals surface area contributed by atoms with Crippen LogP contribution in [0.3, 0.4) is 0 Å². The van der Waals surface area contributed by atoms with E-state index in [4.69, 9.17) is 17.2 Å². The molecule has 1 heterocycles. The van der Waals surface area contributed by atoms with Crippen LogP contribution in [0.25, 0.3) is 0 Å². The second-order valence-corrected chi connectivity index (χ2v) is 3.69. The van der Waals surface area contributed by atoms with E-state index in [2.05, 4.69) is 4.98 Å². The molecular formula is C10H18N4. The molecular weight excluding hydrogens is 176 g/mol. The highest BCUT2D eigenvalue weighted by Crippen LogP contribution is 2.33. The second-order valence-electron chi connectivity index (χ2n) is 3.69. The van der Waals surface area contributed by atoms with Crippen LogP contribution in [0, 0.1) is 0 Å². The standard InChI is InChI=1S/C10H18N4/c1-4-6-8(11)7(5(2)3)9(12)10(13)14-6/h5H,4,11-12H2,1-3H3,(H2,13,14). The predicted molar refractivity (Wildman–Crippen MR) is 60.9 cm³/mol. The summed E-state index contributed by atoms with van der Waals surface area (Å²) in [6.45, 7) is 6.08. The van der Waals surface area contributed by atoms with Crippen LogP contribution >= 0.6 is 0 Å². The van der Waals surface area contributed by atoms with Gasteiger partial charge in [-0.3, -0.25) is 0 Å². The van der Waals surface area contributed by atoms with E-state index in [9.17, 15) is 0 Å². The molecule has 0 atom stereocenters. The van der Waals surface area contributed by atoms with Crippen molar-refractivity contribution in [2.24, 2.45) is 0 Å². The van der Waals surface area contributed by atoms with Crippen molar-refractivity contribution in [3.8, 4) is 0 Å². The van der Waals surface area contributed by atoms with Crippen molar-refractivity contribution in [3.05, 3.63) is 11.3 Å². The van der Waals surface area contributed by atoms with Crippen molar-refractivity contribution in [2.45, 2.75) is 33.1 Å². The molecule has 1 aromatic heterocycles. The molecule has 0 amide bonds. The Morgan fingerprint density at radius 2 is 1.71 bits per heavy atom. The molecule has 0 unspecified atom stereocenters. The molecule has 4 nitrogen and oxygen atoms in total. The highest BCUT2D eigenvalue weighted by molar-refractivity contribution is 5.73. The van der Waals surface area contributed by atoms with Crippen LogP contribution in [-0.2, 0) is 6.42 Å². The number of nitrogens with zero attached hydrogens (tertiary/aromatic N) is 1. The lowest BCUT2D eigenvalue weighted by molar-refractivity contribution is 0.864. The number of aromatic nitrogens is 1. The maximum absolute atomic E-state index is 5.97. The molecule has 0 saturated heterocycles. The number of anilines is 3. The summed E-state index contributed by atoms with van der Waals surface area (Å²) in [6.07, 6.45) is 0.774. The average molecular weight is 194 g/mol. The van der Waals surface area contributed by atoms with E-state index in [0.717, 1.165) is 17.7 Å². The first-order chi connectivity index (χ1) is 6.49. The number of nitrogens with two attached hydrogens (primary N) is 3. The molecule has 0 aliphatic heterocycles. The lowest BCUT2D eigenvalue weighted by Crippen LogP contribution is -2.11. The zero-order valence-corrected chi connectivity index (χ0v) is 8.96. The fraction of sp³-hybridized carbons (Fsp3) is 0.500. The van der Waals surface area contributed by atoms with Crippen LogP contribution in [0.1, 0.15) is 37.9 Å². The molecule has 0 spiro atoms. The van der Waals surface area contributed by atoms with Crippen molar-refractivity contribution in [2.75, 3.05) is 17.2 Å². The van der Waals surface area contributed by atoms with Crippen molar-refractivity contribution in [3.63, 3.8) is 0 Å². The molecule has 0 aromatic carbocycles. The minimum Gasteiger partial charge on any atom is -0.397 e. The van der Waals surface area contributed by atoms with Gasteiger partial charge in [-0.15, -0.1) is 0 Å². The quantitative estimate of drug-likeness (QED) is 0.665. The highest BCUT2D eigenvalue weighted by Gasteiger charge is 2.15. The molecule has 1 rings (SSSR count). The molecule has 0 saturated carbocycles. The van der Waals surface area contributed by atoms with Crippen molar-refractivity contribution < 1.29 is 0 Å². The minimum atomic E-state index is 0.269. The predicted octanol–water partition coefficient (Wildman–Crippen LogP) is 1.51. The number of nitrogen functional groups attached to an aromatic ring is 3. The average Bonchev–Trinajstić information content (AvgIpc) is 2.11. The lowest BCUT2D eigenvalue weighted by Gasteiger charge is -2.16. The van der Waals surface area contributed by atoms with Gasteiger partial charge >= 0.3 is 0 Å². The van der Waals surface area contributed by atoms with Gasteiger partial charge in [0.1, 0.15) is 5.82 Å². The molecule has 0 aliphatic carbocycles. The van der Waals surface area contributed by atoms with Crippen molar-refractivity contribution in [1.82, 2.24) is 4.98 Å². The fourth-order valence-electron chi connectivity index (χ4n) is 1.60. The monoisotopic (exact) mass is 194 g/mol. The number of hydrogen-bond donors (Lipinski definition) is 3. The Bertz CT molecular complexity index is 344. The number of aryl methyl sites for hydroxylation is 1. The Kier molecular flexibility index (Phi) is 2.84. The first-order valence-electron chi connectivity index (χ1n) is 4.82. The summed E-state index contributed by atoms with van der Waals surface area (Å²) >= 11 is 0. The van der Waals surface area contributed by atoms with Gasteiger partial charge in [-0.2, -0.15) is 0 Å². The summed E-state index contributed by atoms with van der Waals surface area (Å²) < 4.78 is 0. The Balaban J connectivity index is 3.45. The lowest BCUT2D eigenvalue weighted by atomic mass is 9.98. The van der Waals surface area contributed by atoms with Gasteiger partial charge in [-0.05, 0) is 12.3 Å². The van der Waals surface area contributed by atoms with Gasteiger partial charge in [-0.1, -0.05) is 20.8 Å². The third-order valence-electron chi connectivity index (χ3n) is 2.33. The molecule has 78 valence electrons. The Morgan fingerprint density at radius 1 is 1.14 bits per heavy atom. The molecule has 0 fully saturated rings. The normalized spacial score (nSPS) is 10.9. The van der Waals surface area contributed by atoms with E-state index < -0.39 is 0 Å². The summed E-state index contributed by atoms with van der Waals surface area (Å²) in [5.74, 6) is 0.658. The molecule has 0 aliphatic rings. The molecule has 1 aromatic rings. The maximum atomic E-state index is 5.97. The van der Waals surface area contributed by atoms with Crippen LogP contribution in [-0.4, -0.2) is 4.98 Å². The van der Waals surface area contributed by atoms with Gasteiger partial charge in [0.15, 0.2) is 0 Å². The van der Waals surface area contributed by atoms with E-state index in [0.29, 0.717) is 17.2 Å². The van der Waals surface area contributed by atoms with Gasteiger partial charge in [0, 0.05) is 5.56 Å². The smallest absolute Gasteiger partial charge is 0.147 e. The summed E-state index contributed by atoms with van der Waals surface area (Å²) in [7, 11) is 0. The SMILES string of the molecule is CCc1nc(N)c(N)c(C(C)C)c1N. The van der Waals surface area contributed by atoms with Crippen molar-refractivity contribution in [1.29, 1.82) is 0 Å². The summed E-state index contributed by atoms with van der Waals surface area (Å²) in [4.78, 5) is 4.16. The van der Waals surface area contributed by atoms with Crippen LogP contribution in [0.2, 0.25) is 0 Å². The zero-order valence-electron chi connectivity index (χ0n) is 8.96. The number of hydrogen-bond acceptors (Lipinski definition) is 4. The van der Waals surface area contributed by atoms with E-state index in [1.54, 1.807) is 0 Å². The van der Waals surface area contributed by atoms with E-state index in [1.807, 2.05) is 20.8 Å². The first kappa shape index (κ1) is 10.6.